The Hall–Kier alpha value is -1.78. The van der Waals surface area contributed by atoms with E-state index in [0.717, 1.165) is 16.0 Å². The molecule has 3 rings (SSSR count). The lowest BCUT2D eigenvalue weighted by atomic mass is 10.3. The number of anilines is 1. The number of nitrogens with one attached hydrogen (secondary N) is 1. The van der Waals surface area contributed by atoms with Crippen molar-refractivity contribution in [3.63, 3.8) is 0 Å². The lowest BCUT2D eigenvalue weighted by Gasteiger charge is -2.14. The zero-order chi connectivity index (χ0) is 13.9. The molecule has 0 saturated heterocycles. The van der Waals surface area contributed by atoms with Gasteiger partial charge in [0.2, 0.25) is 5.95 Å². The molecule has 0 aliphatic rings. The first kappa shape index (κ1) is 13.2. The summed E-state index contributed by atoms with van der Waals surface area (Å²) >= 11 is 7.57. The molecule has 0 radical (unpaired) electrons. The van der Waals surface area contributed by atoms with Gasteiger partial charge in [0, 0.05) is 23.0 Å². The number of thiophene rings is 1. The number of halogens is 1. The summed E-state index contributed by atoms with van der Waals surface area (Å²) in [5.74, 6) is 0.827. The van der Waals surface area contributed by atoms with Crippen molar-refractivity contribution >= 4 is 28.9 Å². The van der Waals surface area contributed by atoms with Crippen LogP contribution in [0, 0.1) is 0 Å². The standard InChI is InChI=1S/C15H14ClN3S/c1-11(13-7-8-14(16)20-13)18-15-17-9-10-19(15)12-5-3-2-4-6-12/h2-11H,1H3,(H,17,18). The summed E-state index contributed by atoms with van der Waals surface area (Å²) in [6.07, 6.45) is 3.75. The van der Waals surface area contributed by atoms with E-state index in [9.17, 15) is 0 Å². The van der Waals surface area contributed by atoms with Crippen LogP contribution in [0.1, 0.15) is 17.8 Å². The molecule has 5 heteroatoms. The first-order chi connectivity index (χ1) is 9.74. The van der Waals surface area contributed by atoms with Crippen LogP contribution in [-0.2, 0) is 0 Å². The quantitative estimate of drug-likeness (QED) is 0.753. The fourth-order valence-electron chi connectivity index (χ4n) is 2.03. The molecular weight excluding hydrogens is 290 g/mol. The van der Waals surface area contributed by atoms with Crippen molar-refractivity contribution in [2.24, 2.45) is 0 Å². The second kappa shape index (κ2) is 5.69. The number of hydrogen-bond donors (Lipinski definition) is 1. The number of para-hydroxylation sites is 1. The monoisotopic (exact) mass is 303 g/mol. The maximum absolute atomic E-state index is 5.98. The average Bonchev–Trinajstić information content (AvgIpc) is 3.09. The number of imidazole rings is 1. The van der Waals surface area contributed by atoms with Crippen LogP contribution in [0.5, 0.6) is 0 Å². The molecule has 3 nitrogen and oxygen atoms in total. The molecule has 0 amide bonds. The minimum absolute atomic E-state index is 0.164. The van der Waals surface area contributed by atoms with Crippen LogP contribution < -0.4 is 5.32 Å². The smallest absolute Gasteiger partial charge is 0.207 e. The van der Waals surface area contributed by atoms with Crippen molar-refractivity contribution in [1.82, 2.24) is 9.55 Å². The van der Waals surface area contributed by atoms with Gasteiger partial charge in [0.25, 0.3) is 0 Å². The van der Waals surface area contributed by atoms with E-state index >= 15 is 0 Å². The summed E-state index contributed by atoms with van der Waals surface area (Å²) in [5, 5.41) is 3.42. The molecule has 102 valence electrons. The van der Waals surface area contributed by atoms with Crippen LogP contribution >= 0.6 is 22.9 Å². The van der Waals surface area contributed by atoms with Gasteiger partial charge in [0.15, 0.2) is 0 Å². The van der Waals surface area contributed by atoms with E-state index in [0.29, 0.717) is 0 Å². The van der Waals surface area contributed by atoms with Crippen LogP contribution in [0.25, 0.3) is 5.69 Å². The number of rotatable bonds is 4. The highest BCUT2D eigenvalue weighted by Crippen LogP contribution is 2.29. The van der Waals surface area contributed by atoms with Gasteiger partial charge in [-0.05, 0) is 31.2 Å². The van der Waals surface area contributed by atoms with Crippen molar-refractivity contribution in [2.75, 3.05) is 5.32 Å². The van der Waals surface area contributed by atoms with Gasteiger partial charge in [-0.1, -0.05) is 29.8 Å². The van der Waals surface area contributed by atoms with Crippen LogP contribution in [-0.4, -0.2) is 9.55 Å². The van der Waals surface area contributed by atoms with Crippen LogP contribution in [0.15, 0.2) is 54.9 Å². The number of aromatic nitrogens is 2. The molecule has 20 heavy (non-hydrogen) atoms. The average molecular weight is 304 g/mol. The Morgan fingerprint density at radius 3 is 2.70 bits per heavy atom. The van der Waals surface area contributed by atoms with E-state index in [2.05, 4.69) is 29.4 Å². The Kier molecular flexibility index (Phi) is 3.76. The predicted molar refractivity (Wildman–Crippen MR) is 84.9 cm³/mol. The fraction of sp³-hybridized carbons (Fsp3) is 0.133. The lowest BCUT2D eigenvalue weighted by molar-refractivity contribution is 0.869. The maximum atomic E-state index is 5.98. The molecule has 0 saturated carbocycles. The SMILES string of the molecule is CC(Nc1nccn1-c1ccccc1)c1ccc(Cl)s1. The second-order valence-corrected chi connectivity index (χ2v) is 6.21. The Balaban J connectivity index is 1.84. The largest absolute Gasteiger partial charge is 0.348 e. The molecule has 0 fully saturated rings. The Bertz CT molecular complexity index is 690. The topological polar surface area (TPSA) is 29.9 Å². The van der Waals surface area contributed by atoms with E-state index < -0.39 is 0 Å². The molecule has 1 unspecified atom stereocenters. The molecule has 2 aromatic heterocycles. The fourth-order valence-corrected chi connectivity index (χ4v) is 3.10. The van der Waals surface area contributed by atoms with Crippen LogP contribution in [0.4, 0.5) is 5.95 Å². The minimum atomic E-state index is 0.164. The molecule has 0 bridgehead atoms. The number of hydrogen-bond acceptors (Lipinski definition) is 3. The third kappa shape index (κ3) is 2.71. The van der Waals surface area contributed by atoms with Crippen molar-refractivity contribution in [2.45, 2.75) is 13.0 Å². The highest BCUT2D eigenvalue weighted by Gasteiger charge is 2.11. The van der Waals surface area contributed by atoms with Crippen LogP contribution in [0.2, 0.25) is 4.34 Å². The van der Waals surface area contributed by atoms with Gasteiger partial charge in [-0.3, -0.25) is 4.57 Å². The number of benzene rings is 1. The van der Waals surface area contributed by atoms with Gasteiger partial charge < -0.3 is 5.32 Å². The summed E-state index contributed by atoms with van der Waals surface area (Å²) in [6, 6.07) is 14.3. The highest BCUT2D eigenvalue weighted by atomic mass is 35.5. The first-order valence-electron chi connectivity index (χ1n) is 6.34. The Morgan fingerprint density at radius 1 is 1.20 bits per heavy atom. The molecule has 1 aromatic carbocycles. The van der Waals surface area contributed by atoms with Crippen molar-refractivity contribution < 1.29 is 0 Å². The summed E-state index contributed by atoms with van der Waals surface area (Å²) in [7, 11) is 0. The summed E-state index contributed by atoms with van der Waals surface area (Å²) in [5.41, 5.74) is 1.09. The van der Waals surface area contributed by atoms with E-state index in [1.807, 2.05) is 41.1 Å². The molecule has 1 N–H and O–H groups in total. The van der Waals surface area contributed by atoms with Gasteiger partial charge in [0.1, 0.15) is 0 Å². The Morgan fingerprint density at radius 2 is 2.00 bits per heavy atom. The van der Waals surface area contributed by atoms with Crippen LogP contribution in [0.3, 0.4) is 0 Å². The van der Waals surface area contributed by atoms with Crippen molar-refractivity contribution in [3.8, 4) is 5.69 Å². The van der Waals surface area contributed by atoms with Crippen molar-refractivity contribution in [1.29, 1.82) is 0 Å². The predicted octanol–water partition coefficient (Wildman–Crippen LogP) is 4.76. The van der Waals surface area contributed by atoms with Gasteiger partial charge >= 0.3 is 0 Å². The van der Waals surface area contributed by atoms with Crippen molar-refractivity contribution in [3.05, 3.63) is 64.1 Å². The molecule has 0 aliphatic heterocycles. The summed E-state index contributed by atoms with van der Waals surface area (Å²) in [4.78, 5) is 5.58. The van der Waals surface area contributed by atoms with Gasteiger partial charge in [0.05, 0.1) is 10.4 Å². The van der Waals surface area contributed by atoms with Gasteiger partial charge in [-0.2, -0.15) is 0 Å². The van der Waals surface area contributed by atoms with E-state index in [-0.39, 0.29) is 6.04 Å². The third-order valence-corrected chi connectivity index (χ3v) is 4.46. The zero-order valence-electron chi connectivity index (χ0n) is 11.0. The zero-order valence-corrected chi connectivity index (χ0v) is 12.5. The summed E-state index contributed by atoms with van der Waals surface area (Å²) in [6.45, 7) is 2.10. The minimum Gasteiger partial charge on any atom is -0.348 e. The molecule has 3 aromatic rings. The molecule has 2 heterocycles. The van der Waals surface area contributed by atoms with E-state index in [1.165, 1.54) is 4.88 Å². The first-order valence-corrected chi connectivity index (χ1v) is 7.54. The summed E-state index contributed by atoms with van der Waals surface area (Å²) < 4.78 is 2.84. The van der Waals surface area contributed by atoms with E-state index in [1.54, 1.807) is 17.5 Å². The molecule has 1 atom stereocenters. The second-order valence-electron chi connectivity index (χ2n) is 4.46. The molecule has 0 aliphatic carbocycles. The highest BCUT2D eigenvalue weighted by molar-refractivity contribution is 7.16. The van der Waals surface area contributed by atoms with E-state index in [4.69, 9.17) is 11.6 Å². The third-order valence-electron chi connectivity index (χ3n) is 3.04. The number of nitrogens with zero attached hydrogens (tertiary/aromatic N) is 2. The van der Waals surface area contributed by atoms with Gasteiger partial charge in [-0.25, -0.2) is 4.98 Å². The molecular formula is C15H14ClN3S. The van der Waals surface area contributed by atoms with Gasteiger partial charge in [-0.15, -0.1) is 11.3 Å². The Labute approximate surface area is 126 Å². The normalized spacial score (nSPS) is 12.3. The maximum Gasteiger partial charge on any atom is 0.207 e. The molecule has 0 spiro atoms. The lowest BCUT2D eigenvalue weighted by Crippen LogP contribution is -2.09.